The van der Waals surface area contributed by atoms with Gasteiger partial charge in [0.15, 0.2) is 0 Å². The van der Waals surface area contributed by atoms with Crippen molar-refractivity contribution < 1.29 is 13.5 Å². The molecule has 1 unspecified atom stereocenters. The highest BCUT2D eigenvalue weighted by atomic mass is 19.1. The van der Waals surface area contributed by atoms with Crippen LogP contribution in [0, 0.1) is 18.7 Å². The summed E-state index contributed by atoms with van der Waals surface area (Å²) in [5.41, 5.74) is 7.99. The number of hydrogen-bond acceptors (Lipinski definition) is 3. The summed E-state index contributed by atoms with van der Waals surface area (Å²) in [6.07, 6.45) is 1.90. The minimum absolute atomic E-state index is 0.139. The first-order chi connectivity index (χ1) is 9.16. The van der Waals surface area contributed by atoms with Crippen LogP contribution in [0.3, 0.4) is 0 Å². The minimum Gasteiger partial charge on any atom is -0.459 e. The molecule has 3 rings (SSSR count). The molecule has 1 aliphatic rings. The van der Waals surface area contributed by atoms with Crippen LogP contribution in [-0.2, 0) is 4.74 Å². The third-order valence-corrected chi connectivity index (χ3v) is 4.01. The van der Waals surface area contributed by atoms with Crippen molar-refractivity contribution in [1.29, 1.82) is 0 Å². The number of ether oxygens (including phenoxy) is 1. The van der Waals surface area contributed by atoms with E-state index in [1.807, 2.05) is 6.92 Å². The first kappa shape index (κ1) is 12.6. The molecular weight excluding hydrogens is 245 g/mol. The first-order valence-corrected chi connectivity index (χ1v) is 6.68. The summed E-state index contributed by atoms with van der Waals surface area (Å²) in [4.78, 5) is 0. The lowest BCUT2D eigenvalue weighted by Gasteiger charge is -2.26. The second kappa shape index (κ2) is 4.94. The number of hydrogen-bond donors (Lipinski definition) is 1. The molecule has 0 aliphatic carbocycles. The number of fused-ring (bicyclic) bond motifs is 1. The van der Waals surface area contributed by atoms with Gasteiger partial charge in [-0.1, -0.05) is 0 Å². The highest BCUT2D eigenvalue weighted by molar-refractivity contribution is 5.82. The van der Waals surface area contributed by atoms with Crippen molar-refractivity contribution in [2.75, 3.05) is 13.2 Å². The van der Waals surface area contributed by atoms with Crippen LogP contribution in [0.2, 0.25) is 0 Å². The molecule has 0 radical (unpaired) electrons. The van der Waals surface area contributed by atoms with Gasteiger partial charge in [-0.3, -0.25) is 0 Å². The quantitative estimate of drug-likeness (QED) is 0.904. The third-order valence-electron chi connectivity index (χ3n) is 4.01. The van der Waals surface area contributed by atoms with E-state index in [4.69, 9.17) is 14.9 Å². The van der Waals surface area contributed by atoms with Gasteiger partial charge in [-0.25, -0.2) is 4.39 Å². The predicted molar refractivity (Wildman–Crippen MR) is 71.4 cm³/mol. The Balaban J connectivity index is 1.97. The van der Waals surface area contributed by atoms with Gasteiger partial charge in [0.05, 0.1) is 6.04 Å². The lowest BCUT2D eigenvalue weighted by molar-refractivity contribution is 0.0561. The van der Waals surface area contributed by atoms with Crippen LogP contribution in [0.5, 0.6) is 0 Å². The molecule has 4 heteroatoms. The monoisotopic (exact) mass is 263 g/mol. The largest absolute Gasteiger partial charge is 0.459 e. The van der Waals surface area contributed by atoms with Crippen LogP contribution in [-0.4, -0.2) is 13.2 Å². The van der Waals surface area contributed by atoms with Gasteiger partial charge in [0.25, 0.3) is 0 Å². The van der Waals surface area contributed by atoms with Gasteiger partial charge < -0.3 is 14.9 Å². The maximum atomic E-state index is 13.3. The minimum atomic E-state index is -0.248. The molecule has 2 N–H and O–H groups in total. The maximum absolute atomic E-state index is 13.3. The van der Waals surface area contributed by atoms with Crippen molar-refractivity contribution in [3.05, 3.63) is 35.3 Å². The fourth-order valence-electron chi connectivity index (χ4n) is 2.82. The molecule has 1 atom stereocenters. The first-order valence-electron chi connectivity index (χ1n) is 6.68. The normalized spacial score (nSPS) is 18.9. The Labute approximate surface area is 111 Å². The Morgan fingerprint density at radius 2 is 2.05 bits per heavy atom. The van der Waals surface area contributed by atoms with Crippen molar-refractivity contribution in [1.82, 2.24) is 0 Å². The molecule has 3 nitrogen and oxygen atoms in total. The van der Waals surface area contributed by atoms with E-state index in [-0.39, 0.29) is 11.9 Å². The van der Waals surface area contributed by atoms with Gasteiger partial charge in [0.1, 0.15) is 17.2 Å². The molecule has 0 amide bonds. The number of aryl methyl sites for hydroxylation is 1. The highest BCUT2D eigenvalue weighted by Crippen LogP contribution is 2.35. The molecule has 0 saturated carbocycles. The van der Waals surface area contributed by atoms with Crippen molar-refractivity contribution in [3.8, 4) is 0 Å². The number of rotatable bonds is 2. The SMILES string of the molecule is Cc1c(C(N)C2CCOCC2)oc2ccc(F)cc12. The van der Waals surface area contributed by atoms with Crippen LogP contribution in [0.25, 0.3) is 11.0 Å². The van der Waals surface area contributed by atoms with Crippen molar-refractivity contribution in [3.63, 3.8) is 0 Å². The van der Waals surface area contributed by atoms with E-state index in [0.29, 0.717) is 11.5 Å². The molecule has 1 aromatic heterocycles. The molecule has 1 aliphatic heterocycles. The van der Waals surface area contributed by atoms with Gasteiger partial charge in [-0.2, -0.15) is 0 Å². The summed E-state index contributed by atoms with van der Waals surface area (Å²) in [5.74, 6) is 0.910. The summed E-state index contributed by atoms with van der Waals surface area (Å²) in [5, 5.41) is 0.817. The van der Waals surface area contributed by atoms with E-state index in [2.05, 4.69) is 0 Å². The summed E-state index contributed by atoms with van der Waals surface area (Å²) in [7, 11) is 0. The van der Waals surface area contributed by atoms with Crippen LogP contribution >= 0.6 is 0 Å². The second-order valence-corrected chi connectivity index (χ2v) is 5.21. The lowest BCUT2D eigenvalue weighted by Crippen LogP contribution is -2.27. The van der Waals surface area contributed by atoms with E-state index >= 15 is 0 Å². The standard InChI is InChI=1S/C15H18FNO2/c1-9-12-8-11(16)2-3-13(12)19-15(9)14(17)10-4-6-18-7-5-10/h2-3,8,10,14H,4-7,17H2,1H3. The zero-order valence-electron chi connectivity index (χ0n) is 11.0. The van der Waals surface area contributed by atoms with Crippen LogP contribution in [0.1, 0.15) is 30.2 Å². The molecule has 2 aromatic rings. The Bertz CT molecular complexity index is 587. The Morgan fingerprint density at radius 1 is 1.32 bits per heavy atom. The van der Waals surface area contributed by atoms with E-state index in [1.54, 1.807) is 6.07 Å². The van der Waals surface area contributed by atoms with E-state index in [1.165, 1.54) is 12.1 Å². The molecular formula is C15H18FNO2. The van der Waals surface area contributed by atoms with Gasteiger partial charge in [-0.15, -0.1) is 0 Å². The number of benzene rings is 1. The molecule has 1 aromatic carbocycles. The van der Waals surface area contributed by atoms with E-state index in [0.717, 1.165) is 42.8 Å². The highest BCUT2D eigenvalue weighted by Gasteiger charge is 2.27. The zero-order chi connectivity index (χ0) is 13.4. The Morgan fingerprint density at radius 3 is 2.79 bits per heavy atom. The molecule has 19 heavy (non-hydrogen) atoms. The summed E-state index contributed by atoms with van der Waals surface area (Å²) in [6.45, 7) is 3.46. The van der Waals surface area contributed by atoms with E-state index in [9.17, 15) is 4.39 Å². The lowest BCUT2D eigenvalue weighted by atomic mass is 9.89. The maximum Gasteiger partial charge on any atom is 0.134 e. The fraction of sp³-hybridized carbons (Fsp3) is 0.467. The smallest absolute Gasteiger partial charge is 0.134 e. The second-order valence-electron chi connectivity index (χ2n) is 5.21. The summed E-state index contributed by atoms with van der Waals surface area (Å²) >= 11 is 0. The van der Waals surface area contributed by atoms with Gasteiger partial charge in [0.2, 0.25) is 0 Å². The van der Waals surface area contributed by atoms with Crippen molar-refractivity contribution >= 4 is 11.0 Å². The molecule has 0 bridgehead atoms. The fourth-order valence-corrected chi connectivity index (χ4v) is 2.82. The predicted octanol–water partition coefficient (Wildman–Crippen LogP) is 3.31. The topological polar surface area (TPSA) is 48.4 Å². The number of halogens is 1. The summed E-state index contributed by atoms with van der Waals surface area (Å²) < 4.78 is 24.5. The third kappa shape index (κ3) is 2.26. The Hall–Kier alpha value is -1.39. The summed E-state index contributed by atoms with van der Waals surface area (Å²) in [6, 6.07) is 4.45. The van der Waals surface area contributed by atoms with Crippen LogP contribution in [0.15, 0.2) is 22.6 Å². The van der Waals surface area contributed by atoms with Crippen molar-refractivity contribution in [2.24, 2.45) is 11.7 Å². The molecule has 2 heterocycles. The molecule has 102 valence electrons. The molecule has 0 spiro atoms. The molecule has 1 fully saturated rings. The molecule has 1 saturated heterocycles. The number of furan rings is 1. The van der Waals surface area contributed by atoms with Crippen LogP contribution in [0.4, 0.5) is 4.39 Å². The number of nitrogens with two attached hydrogens (primary N) is 1. The van der Waals surface area contributed by atoms with Crippen LogP contribution < -0.4 is 5.73 Å². The van der Waals surface area contributed by atoms with Gasteiger partial charge in [0, 0.05) is 24.2 Å². The van der Waals surface area contributed by atoms with E-state index < -0.39 is 0 Å². The average molecular weight is 263 g/mol. The van der Waals surface area contributed by atoms with Gasteiger partial charge >= 0.3 is 0 Å². The Kier molecular flexibility index (Phi) is 3.29. The van der Waals surface area contributed by atoms with Crippen molar-refractivity contribution in [2.45, 2.75) is 25.8 Å². The average Bonchev–Trinajstić information content (AvgIpc) is 2.76. The van der Waals surface area contributed by atoms with Gasteiger partial charge in [-0.05, 0) is 43.9 Å². The zero-order valence-corrected chi connectivity index (χ0v) is 11.0.